The van der Waals surface area contributed by atoms with Gasteiger partial charge in [-0.05, 0) is 68.7 Å². The van der Waals surface area contributed by atoms with Crippen molar-refractivity contribution >= 4 is 40.4 Å². The number of rotatable bonds is 5. The van der Waals surface area contributed by atoms with E-state index in [4.69, 9.17) is 16.3 Å². The van der Waals surface area contributed by atoms with Gasteiger partial charge in [-0.3, -0.25) is 9.59 Å². The number of amides is 2. The largest absolute Gasteiger partial charge is 0.496 e. The zero-order chi connectivity index (χ0) is 24.4. The highest BCUT2D eigenvalue weighted by molar-refractivity contribution is 7.17. The molecule has 5 rings (SSSR count). The second-order valence-electron chi connectivity index (χ2n) is 10.3. The van der Waals surface area contributed by atoms with Crippen molar-refractivity contribution in [3.8, 4) is 5.75 Å². The highest BCUT2D eigenvalue weighted by Gasteiger charge is 2.36. The first-order chi connectivity index (χ1) is 17.0. The summed E-state index contributed by atoms with van der Waals surface area (Å²) < 4.78 is 7.54. The lowest BCUT2D eigenvalue weighted by molar-refractivity contribution is -0.937. The second-order valence-corrected chi connectivity index (χ2v) is 12.0. The third kappa shape index (κ3) is 5.23. The molecule has 8 heteroatoms. The first-order valence-corrected chi connectivity index (χ1v) is 14.0. The van der Waals surface area contributed by atoms with Gasteiger partial charge in [-0.15, -0.1) is 11.3 Å². The standard InChI is InChI=1S/C27H35ClN3O3S/c1-34-23-7-5-6-22-21(23)18-29(27(33)24-8-9-25(28)35-24)19-26(32)30(22)13-10-20-11-16-31(17-12-20)14-3-2-4-15-31/h5-9,20H,2-4,10-19H2,1H3/q+1. The first-order valence-electron chi connectivity index (χ1n) is 12.8. The number of fused-ring (bicyclic) bond motifs is 1. The number of carbonyl (C=O) groups is 2. The Morgan fingerprint density at radius 3 is 2.54 bits per heavy atom. The molecule has 4 heterocycles. The number of hydrogen-bond acceptors (Lipinski definition) is 4. The van der Waals surface area contributed by atoms with Gasteiger partial charge < -0.3 is 19.0 Å². The van der Waals surface area contributed by atoms with E-state index in [0.717, 1.165) is 17.7 Å². The smallest absolute Gasteiger partial charge is 0.264 e. The number of thiophene rings is 1. The average Bonchev–Trinajstić information content (AvgIpc) is 3.25. The summed E-state index contributed by atoms with van der Waals surface area (Å²) in [6.07, 6.45) is 7.63. The fourth-order valence-corrected chi connectivity index (χ4v) is 7.17. The molecule has 0 radical (unpaired) electrons. The molecule has 0 unspecified atom stereocenters. The quantitative estimate of drug-likeness (QED) is 0.513. The van der Waals surface area contributed by atoms with E-state index in [9.17, 15) is 9.59 Å². The maximum absolute atomic E-state index is 13.5. The SMILES string of the molecule is COc1cccc2c1CN(C(=O)c1ccc(Cl)s1)CC(=O)N2CCC1CC[N+]2(CCCCC2)CC1. The van der Waals surface area contributed by atoms with Crippen molar-refractivity contribution in [2.45, 2.75) is 45.1 Å². The molecule has 188 valence electrons. The summed E-state index contributed by atoms with van der Waals surface area (Å²) in [6.45, 7) is 6.34. The lowest BCUT2D eigenvalue weighted by Crippen LogP contribution is -2.55. The Morgan fingerprint density at radius 2 is 1.86 bits per heavy atom. The summed E-state index contributed by atoms with van der Waals surface area (Å²) in [6, 6.07) is 9.27. The van der Waals surface area contributed by atoms with Gasteiger partial charge in [0.1, 0.15) is 12.3 Å². The molecule has 2 amide bonds. The highest BCUT2D eigenvalue weighted by Crippen LogP contribution is 2.36. The third-order valence-electron chi connectivity index (χ3n) is 8.22. The molecule has 35 heavy (non-hydrogen) atoms. The molecule has 3 aliphatic rings. The number of ether oxygens (including phenoxy) is 1. The molecule has 1 spiro atoms. The van der Waals surface area contributed by atoms with Gasteiger partial charge >= 0.3 is 0 Å². The Bertz CT molecular complexity index is 1070. The van der Waals surface area contributed by atoms with Gasteiger partial charge in [-0.1, -0.05) is 17.7 Å². The maximum Gasteiger partial charge on any atom is 0.264 e. The van der Waals surface area contributed by atoms with Crippen LogP contribution in [0.25, 0.3) is 0 Å². The van der Waals surface area contributed by atoms with E-state index in [2.05, 4.69) is 0 Å². The number of methoxy groups -OCH3 is 1. The Morgan fingerprint density at radius 1 is 1.09 bits per heavy atom. The topological polar surface area (TPSA) is 49.9 Å². The molecule has 2 fully saturated rings. The first kappa shape index (κ1) is 24.6. The van der Waals surface area contributed by atoms with Crippen molar-refractivity contribution in [3.05, 3.63) is 45.1 Å². The minimum Gasteiger partial charge on any atom is -0.496 e. The summed E-state index contributed by atoms with van der Waals surface area (Å²) in [7, 11) is 1.64. The summed E-state index contributed by atoms with van der Waals surface area (Å²) >= 11 is 7.31. The molecule has 3 aliphatic heterocycles. The van der Waals surface area contributed by atoms with E-state index in [1.165, 1.54) is 74.1 Å². The molecular weight excluding hydrogens is 482 g/mol. The van der Waals surface area contributed by atoms with Gasteiger partial charge in [0.25, 0.3) is 5.91 Å². The fraction of sp³-hybridized carbons (Fsp3) is 0.556. The number of benzene rings is 1. The van der Waals surface area contributed by atoms with Gasteiger partial charge in [0.15, 0.2) is 0 Å². The van der Waals surface area contributed by atoms with Crippen LogP contribution in [0, 0.1) is 5.92 Å². The van der Waals surface area contributed by atoms with Crippen LogP contribution in [0.3, 0.4) is 0 Å². The summed E-state index contributed by atoms with van der Waals surface area (Å²) in [5.74, 6) is 1.15. The normalized spacial score (nSPS) is 20.6. The molecule has 2 aromatic rings. The van der Waals surface area contributed by atoms with Crippen molar-refractivity contribution in [3.63, 3.8) is 0 Å². The molecule has 1 aromatic carbocycles. The van der Waals surface area contributed by atoms with Crippen molar-refractivity contribution in [2.24, 2.45) is 5.92 Å². The zero-order valence-corrected chi connectivity index (χ0v) is 22.1. The van der Waals surface area contributed by atoms with Gasteiger partial charge in [-0.25, -0.2) is 0 Å². The molecule has 0 atom stereocenters. The highest BCUT2D eigenvalue weighted by atomic mass is 35.5. The van der Waals surface area contributed by atoms with Gasteiger partial charge in [0.05, 0.1) is 54.7 Å². The number of piperidine rings is 2. The predicted octanol–water partition coefficient (Wildman–Crippen LogP) is 5.20. The van der Waals surface area contributed by atoms with E-state index in [1.807, 2.05) is 23.1 Å². The van der Waals surface area contributed by atoms with E-state index in [0.29, 0.717) is 34.0 Å². The lowest BCUT2D eigenvalue weighted by Gasteiger charge is -2.46. The van der Waals surface area contributed by atoms with Crippen LogP contribution in [0.4, 0.5) is 5.69 Å². The Kier molecular flexibility index (Phi) is 7.37. The number of quaternary nitrogens is 1. The lowest BCUT2D eigenvalue weighted by atomic mass is 9.90. The number of nitrogens with zero attached hydrogens (tertiary/aromatic N) is 3. The molecule has 1 aromatic heterocycles. The van der Waals surface area contributed by atoms with Crippen LogP contribution < -0.4 is 9.64 Å². The van der Waals surface area contributed by atoms with Crippen LogP contribution in [-0.4, -0.2) is 67.6 Å². The minimum absolute atomic E-state index is 0.0386. The van der Waals surface area contributed by atoms with E-state index < -0.39 is 0 Å². The number of hydrogen-bond donors (Lipinski definition) is 0. The van der Waals surface area contributed by atoms with Crippen molar-refractivity contribution < 1.29 is 18.8 Å². The van der Waals surface area contributed by atoms with Crippen LogP contribution in [-0.2, 0) is 11.3 Å². The minimum atomic E-state index is -0.170. The van der Waals surface area contributed by atoms with Crippen molar-refractivity contribution in [1.29, 1.82) is 0 Å². The molecular formula is C27H35ClN3O3S+. The van der Waals surface area contributed by atoms with Gasteiger partial charge in [0.2, 0.25) is 5.91 Å². The summed E-state index contributed by atoms with van der Waals surface area (Å²) in [5.41, 5.74) is 1.75. The average molecular weight is 517 g/mol. The number of halogens is 1. The Labute approximate surface area is 217 Å². The Hall–Kier alpha value is -2.09. The summed E-state index contributed by atoms with van der Waals surface area (Å²) in [4.78, 5) is 30.8. The van der Waals surface area contributed by atoms with Crippen LogP contribution in [0.1, 0.15) is 53.8 Å². The zero-order valence-electron chi connectivity index (χ0n) is 20.5. The van der Waals surface area contributed by atoms with Gasteiger partial charge in [0, 0.05) is 12.1 Å². The molecule has 0 N–H and O–H groups in total. The molecule has 0 aliphatic carbocycles. The monoisotopic (exact) mass is 516 g/mol. The van der Waals surface area contributed by atoms with E-state index in [1.54, 1.807) is 24.1 Å². The molecule has 0 bridgehead atoms. The van der Waals surface area contributed by atoms with Crippen LogP contribution in [0.2, 0.25) is 4.34 Å². The van der Waals surface area contributed by atoms with Crippen LogP contribution >= 0.6 is 22.9 Å². The predicted molar refractivity (Wildman–Crippen MR) is 140 cm³/mol. The van der Waals surface area contributed by atoms with Crippen molar-refractivity contribution in [2.75, 3.05) is 51.3 Å². The van der Waals surface area contributed by atoms with Crippen LogP contribution in [0.5, 0.6) is 5.75 Å². The van der Waals surface area contributed by atoms with Crippen molar-refractivity contribution in [1.82, 2.24) is 4.90 Å². The molecule has 2 saturated heterocycles. The Balaban J connectivity index is 1.32. The molecule has 0 saturated carbocycles. The van der Waals surface area contributed by atoms with Gasteiger partial charge in [-0.2, -0.15) is 0 Å². The fourth-order valence-electron chi connectivity index (χ4n) is 6.16. The number of carbonyl (C=O) groups excluding carboxylic acids is 2. The summed E-state index contributed by atoms with van der Waals surface area (Å²) in [5, 5.41) is 0. The second kappa shape index (κ2) is 10.5. The van der Waals surface area contributed by atoms with Crippen LogP contribution in [0.15, 0.2) is 30.3 Å². The third-order valence-corrected chi connectivity index (χ3v) is 9.43. The number of anilines is 1. The van der Waals surface area contributed by atoms with E-state index >= 15 is 0 Å². The van der Waals surface area contributed by atoms with E-state index in [-0.39, 0.29) is 18.4 Å². The maximum atomic E-state index is 13.5. The molecule has 6 nitrogen and oxygen atoms in total.